The maximum Gasteiger partial charge on any atom is 0.260 e. The van der Waals surface area contributed by atoms with E-state index in [2.05, 4.69) is 10.3 Å². The van der Waals surface area contributed by atoms with E-state index in [9.17, 15) is 9.59 Å². The summed E-state index contributed by atoms with van der Waals surface area (Å²) in [6.45, 7) is 5.81. The van der Waals surface area contributed by atoms with Gasteiger partial charge in [-0.3, -0.25) is 9.59 Å². The van der Waals surface area contributed by atoms with Crippen LogP contribution >= 0.6 is 11.8 Å². The Morgan fingerprint density at radius 3 is 2.60 bits per heavy atom. The molecule has 2 atom stereocenters. The van der Waals surface area contributed by atoms with Crippen LogP contribution in [0.2, 0.25) is 0 Å². The van der Waals surface area contributed by atoms with Gasteiger partial charge in [-0.05, 0) is 11.7 Å². The lowest BCUT2D eigenvalue weighted by Crippen LogP contribution is -2.45. The van der Waals surface area contributed by atoms with Gasteiger partial charge in [-0.2, -0.15) is 4.99 Å². The molecule has 0 fully saturated rings. The summed E-state index contributed by atoms with van der Waals surface area (Å²) in [6, 6.07) is 0. The largest absolute Gasteiger partial charge is 0.304 e. The van der Waals surface area contributed by atoms with Crippen molar-refractivity contribution in [1.82, 2.24) is 5.32 Å². The molecule has 0 aromatic rings. The zero-order valence-electron chi connectivity index (χ0n) is 9.24. The topological polar surface area (TPSA) is 58.5 Å². The minimum atomic E-state index is -0.601. The second-order valence-corrected chi connectivity index (χ2v) is 4.79. The Balaban J connectivity index is 2.80. The van der Waals surface area contributed by atoms with Crippen molar-refractivity contribution in [3.8, 4) is 0 Å². The number of nitrogens with one attached hydrogen (secondary N) is 1. The molecule has 0 bridgehead atoms. The lowest BCUT2D eigenvalue weighted by Gasteiger charge is -2.23. The molecule has 5 heteroatoms. The summed E-state index contributed by atoms with van der Waals surface area (Å²) in [6.07, 6.45) is 0.801. The molecule has 1 rings (SSSR count). The van der Waals surface area contributed by atoms with E-state index in [4.69, 9.17) is 0 Å². The van der Waals surface area contributed by atoms with E-state index in [0.29, 0.717) is 5.17 Å². The van der Waals surface area contributed by atoms with E-state index >= 15 is 0 Å². The van der Waals surface area contributed by atoms with Crippen LogP contribution in [0.4, 0.5) is 0 Å². The van der Waals surface area contributed by atoms with Crippen molar-refractivity contribution in [2.75, 3.05) is 5.75 Å². The summed E-state index contributed by atoms with van der Waals surface area (Å²) in [5, 5.41) is 3.10. The zero-order valence-corrected chi connectivity index (χ0v) is 10.1. The van der Waals surface area contributed by atoms with Crippen LogP contribution in [0.3, 0.4) is 0 Å². The van der Waals surface area contributed by atoms with Crippen LogP contribution < -0.4 is 5.32 Å². The molecular formula is C10H16N2O2S. The summed E-state index contributed by atoms with van der Waals surface area (Å²) < 4.78 is 0. The maximum atomic E-state index is 11.7. The van der Waals surface area contributed by atoms with Crippen molar-refractivity contribution in [1.29, 1.82) is 0 Å². The van der Waals surface area contributed by atoms with Gasteiger partial charge in [0.1, 0.15) is 5.92 Å². The van der Waals surface area contributed by atoms with E-state index in [1.807, 2.05) is 20.8 Å². The second kappa shape index (κ2) is 5.30. The van der Waals surface area contributed by atoms with E-state index in [-0.39, 0.29) is 17.7 Å². The van der Waals surface area contributed by atoms with Crippen LogP contribution in [-0.4, -0.2) is 22.7 Å². The fraction of sp³-hybridized carbons (Fsp3) is 0.700. The van der Waals surface area contributed by atoms with E-state index in [1.165, 1.54) is 11.8 Å². The molecule has 2 amide bonds. The molecule has 0 radical (unpaired) electrons. The van der Waals surface area contributed by atoms with Gasteiger partial charge in [0.25, 0.3) is 5.91 Å². The average Bonchev–Trinajstić information content (AvgIpc) is 2.16. The highest BCUT2D eigenvalue weighted by Gasteiger charge is 2.35. The first-order valence-corrected chi connectivity index (χ1v) is 6.14. The van der Waals surface area contributed by atoms with Gasteiger partial charge in [-0.1, -0.05) is 39.0 Å². The molecule has 0 saturated carbocycles. The number of hydrogen-bond donors (Lipinski definition) is 1. The third-order valence-electron chi connectivity index (χ3n) is 2.48. The Labute approximate surface area is 93.9 Å². The van der Waals surface area contributed by atoms with Crippen molar-refractivity contribution in [2.45, 2.75) is 27.2 Å². The Bertz CT molecular complexity index is 302. The third kappa shape index (κ3) is 2.81. The number of hydrogen-bond acceptors (Lipinski definition) is 3. The van der Waals surface area contributed by atoms with Crippen LogP contribution in [0.1, 0.15) is 27.2 Å². The number of carbonyl (C=O) groups is 2. The Morgan fingerprint density at radius 2 is 2.13 bits per heavy atom. The van der Waals surface area contributed by atoms with Gasteiger partial charge in [-0.25, -0.2) is 0 Å². The number of aliphatic imine (C=N–C) groups is 1. The molecular weight excluding hydrogens is 212 g/mol. The predicted octanol–water partition coefficient (Wildman–Crippen LogP) is 1.41. The monoisotopic (exact) mass is 228 g/mol. The standard InChI is InChI=1S/C10H16N2O2S/c1-4-6(3)7-8(13)11-10(15-5-2)12-9(7)14/h6-7H,4-5H2,1-3H3,(H,11,12,13,14). The highest BCUT2D eigenvalue weighted by Crippen LogP contribution is 2.21. The number of nitrogens with zero attached hydrogens (tertiary/aromatic N) is 1. The molecule has 0 spiro atoms. The maximum absolute atomic E-state index is 11.7. The first-order chi connectivity index (χ1) is 7.10. The summed E-state index contributed by atoms with van der Waals surface area (Å²) >= 11 is 1.38. The molecule has 1 N–H and O–H groups in total. The van der Waals surface area contributed by atoms with Crippen molar-refractivity contribution in [3.63, 3.8) is 0 Å². The molecule has 0 aliphatic carbocycles. The van der Waals surface area contributed by atoms with E-state index in [0.717, 1.165) is 12.2 Å². The molecule has 84 valence electrons. The van der Waals surface area contributed by atoms with Gasteiger partial charge in [0.15, 0.2) is 5.17 Å². The van der Waals surface area contributed by atoms with Crippen molar-refractivity contribution >= 4 is 28.7 Å². The van der Waals surface area contributed by atoms with Gasteiger partial charge < -0.3 is 5.32 Å². The number of rotatable bonds is 3. The van der Waals surface area contributed by atoms with Gasteiger partial charge in [0.2, 0.25) is 5.91 Å². The van der Waals surface area contributed by atoms with Gasteiger partial charge in [-0.15, -0.1) is 0 Å². The summed E-state index contributed by atoms with van der Waals surface area (Å²) in [7, 11) is 0. The van der Waals surface area contributed by atoms with Crippen molar-refractivity contribution in [3.05, 3.63) is 0 Å². The van der Waals surface area contributed by atoms with Crippen LogP contribution in [0.5, 0.6) is 0 Å². The lowest BCUT2D eigenvalue weighted by atomic mass is 9.90. The first kappa shape index (κ1) is 12.2. The number of carbonyl (C=O) groups excluding carboxylic acids is 2. The molecule has 2 unspecified atom stereocenters. The fourth-order valence-corrected chi connectivity index (χ4v) is 2.04. The summed E-state index contributed by atoms with van der Waals surface area (Å²) in [4.78, 5) is 27.2. The normalized spacial score (nSPS) is 23.4. The Morgan fingerprint density at radius 1 is 1.47 bits per heavy atom. The number of thioether (sulfide) groups is 1. The molecule has 0 aromatic heterocycles. The Hall–Kier alpha value is -0.840. The van der Waals surface area contributed by atoms with Gasteiger partial charge >= 0.3 is 0 Å². The molecule has 0 aromatic carbocycles. The SMILES string of the molecule is CCSC1=NC(=O)C(C(C)CC)C(=O)N1. The minimum absolute atomic E-state index is 0.0504. The molecule has 4 nitrogen and oxygen atoms in total. The molecule has 15 heavy (non-hydrogen) atoms. The number of amides is 2. The molecule has 1 aliphatic rings. The van der Waals surface area contributed by atoms with Crippen molar-refractivity contribution in [2.24, 2.45) is 16.8 Å². The van der Waals surface area contributed by atoms with Crippen molar-refractivity contribution < 1.29 is 9.59 Å². The van der Waals surface area contributed by atoms with E-state index < -0.39 is 5.92 Å². The minimum Gasteiger partial charge on any atom is -0.304 e. The lowest BCUT2D eigenvalue weighted by molar-refractivity contribution is -0.135. The predicted molar refractivity (Wildman–Crippen MR) is 61.7 cm³/mol. The zero-order chi connectivity index (χ0) is 11.4. The number of amidine groups is 1. The second-order valence-electron chi connectivity index (χ2n) is 3.54. The average molecular weight is 228 g/mol. The smallest absolute Gasteiger partial charge is 0.260 e. The van der Waals surface area contributed by atoms with Crippen LogP contribution in [0, 0.1) is 11.8 Å². The molecule has 1 heterocycles. The van der Waals surface area contributed by atoms with E-state index in [1.54, 1.807) is 0 Å². The summed E-state index contributed by atoms with van der Waals surface area (Å²) in [5.41, 5.74) is 0. The Kier molecular flexibility index (Phi) is 4.32. The first-order valence-electron chi connectivity index (χ1n) is 5.16. The molecule has 0 saturated heterocycles. The van der Waals surface area contributed by atoms with Crippen LogP contribution in [-0.2, 0) is 9.59 Å². The molecule has 1 aliphatic heterocycles. The third-order valence-corrected chi connectivity index (χ3v) is 3.24. The fourth-order valence-electron chi connectivity index (χ4n) is 1.44. The highest BCUT2D eigenvalue weighted by atomic mass is 32.2. The van der Waals surface area contributed by atoms with Gasteiger partial charge in [0.05, 0.1) is 0 Å². The summed E-state index contributed by atoms with van der Waals surface area (Å²) in [5.74, 6) is -0.268. The highest BCUT2D eigenvalue weighted by molar-refractivity contribution is 8.13. The van der Waals surface area contributed by atoms with Crippen LogP contribution in [0.15, 0.2) is 4.99 Å². The van der Waals surface area contributed by atoms with Crippen LogP contribution in [0.25, 0.3) is 0 Å². The van der Waals surface area contributed by atoms with Gasteiger partial charge in [0, 0.05) is 0 Å². The quantitative estimate of drug-likeness (QED) is 0.743.